The minimum absolute atomic E-state index is 0. The average Bonchev–Trinajstić information content (AvgIpc) is 2.51. The van der Waals surface area contributed by atoms with Gasteiger partial charge in [0.2, 0.25) is 0 Å². The second-order valence-corrected chi connectivity index (χ2v) is 3.79. The van der Waals surface area contributed by atoms with Crippen molar-refractivity contribution in [3.05, 3.63) is 0 Å². The summed E-state index contributed by atoms with van der Waals surface area (Å²) in [4.78, 5) is 13.1. The second kappa shape index (κ2) is 3.78. The zero-order valence-corrected chi connectivity index (χ0v) is 8.13. The third-order valence-corrected chi connectivity index (χ3v) is 2.67. The highest BCUT2D eigenvalue weighted by Gasteiger charge is 2.27. The molecule has 0 aromatic heterocycles. The second-order valence-electron chi connectivity index (χ2n) is 3.79. The van der Waals surface area contributed by atoms with Gasteiger partial charge in [0.25, 0.3) is 0 Å². The Morgan fingerprint density at radius 2 is 2.33 bits per heavy atom. The molecule has 1 fully saturated rings. The van der Waals surface area contributed by atoms with Gasteiger partial charge in [-0.15, -0.1) is 0 Å². The smallest absolute Gasteiger partial charge is 0.317 e. The number of carbonyl (C=O) groups is 1. The van der Waals surface area contributed by atoms with Crippen LogP contribution in [0, 0.1) is 11.8 Å². The summed E-state index contributed by atoms with van der Waals surface area (Å²) >= 11 is 0. The molecule has 72 valence electrons. The van der Waals surface area contributed by atoms with Crippen molar-refractivity contribution < 1.29 is 6.22 Å². The maximum atomic E-state index is 11.2. The first-order valence-corrected chi connectivity index (χ1v) is 4.61. The molecule has 0 bridgehead atoms. The van der Waals surface area contributed by atoms with E-state index >= 15 is 0 Å². The molecular weight excluding hydrogens is 152 g/mol. The van der Waals surface area contributed by atoms with Gasteiger partial charge in [-0.05, 0) is 18.3 Å². The summed E-state index contributed by atoms with van der Waals surface area (Å²) in [7, 11) is 1.69. The van der Waals surface area contributed by atoms with Crippen LogP contribution in [0.15, 0.2) is 0 Å². The van der Waals surface area contributed by atoms with Crippen molar-refractivity contribution in [1.29, 1.82) is 0 Å². The van der Waals surface area contributed by atoms with Crippen molar-refractivity contribution in [3.8, 4) is 0 Å². The van der Waals surface area contributed by atoms with E-state index in [2.05, 4.69) is 19.2 Å². The molecule has 0 spiro atoms. The molecule has 1 N–H and O–H groups in total. The Balaban J connectivity index is 0.00000144. The zero-order chi connectivity index (χ0) is 9.14. The van der Waals surface area contributed by atoms with Gasteiger partial charge in [0, 0.05) is 21.6 Å². The largest absolute Gasteiger partial charge is 0.341 e. The molecule has 1 atom stereocenters. The molecule has 3 heteroatoms. The first-order chi connectivity index (χ1) is 5.65. The normalized spacial score (nSPS) is 23.3. The van der Waals surface area contributed by atoms with Crippen molar-refractivity contribution >= 4 is 6.03 Å². The number of hydrogen-bond acceptors (Lipinski definition) is 1. The molecule has 1 heterocycles. The molecule has 0 aromatic rings. The lowest BCUT2D eigenvalue weighted by atomic mass is 9.95. The van der Waals surface area contributed by atoms with Gasteiger partial charge < -0.3 is 10.2 Å². The van der Waals surface area contributed by atoms with Gasteiger partial charge in [-0.1, -0.05) is 13.8 Å². The number of urea groups is 1. The maximum absolute atomic E-state index is 11.2. The SMILES string of the molecule is CNC(=O)N1CCC(C(C)C)C1.[HH]. The molecule has 1 rings (SSSR count). The highest BCUT2D eigenvalue weighted by Crippen LogP contribution is 2.23. The van der Waals surface area contributed by atoms with Crippen LogP contribution in [0.2, 0.25) is 0 Å². The Morgan fingerprint density at radius 3 is 2.75 bits per heavy atom. The molecular formula is C9H20N2O. The van der Waals surface area contributed by atoms with Crippen LogP contribution >= 0.6 is 0 Å². The van der Waals surface area contributed by atoms with E-state index in [4.69, 9.17) is 0 Å². The number of carbonyl (C=O) groups excluding carboxylic acids is 1. The molecule has 0 radical (unpaired) electrons. The van der Waals surface area contributed by atoms with Crippen LogP contribution in [-0.2, 0) is 0 Å². The van der Waals surface area contributed by atoms with Gasteiger partial charge in [-0.3, -0.25) is 0 Å². The Bertz CT molecular complexity index is 173. The number of nitrogens with zero attached hydrogens (tertiary/aromatic N) is 1. The van der Waals surface area contributed by atoms with Gasteiger partial charge >= 0.3 is 6.03 Å². The Labute approximate surface area is 75.6 Å². The molecule has 0 saturated carbocycles. The first-order valence-electron chi connectivity index (χ1n) is 4.61. The molecule has 2 amide bonds. The highest BCUT2D eigenvalue weighted by molar-refractivity contribution is 5.74. The summed E-state index contributed by atoms with van der Waals surface area (Å²) in [6.07, 6.45) is 1.16. The Morgan fingerprint density at radius 1 is 1.67 bits per heavy atom. The lowest BCUT2D eigenvalue weighted by molar-refractivity contribution is 0.207. The number of nitrogens with one attached hydrogen (secondary N) is 1. The van der Waals surface area contributed by atoms with E-state index < -0.39 is 0 Å². The van der Waals surface area contributed by atoms with Gasteiger partial charge in [0.05, 0.1) is 0 Å². The van der Waals surface area contributed by atoms with Crippen LogP contribution in [0.5, 0.6) is 0 Å². The first kappa shape index (κ1) is 9.36. The summed E-state index contributed by atoms with van der Waals surface area (Å²) in [6.45, 7) is 6.29. The lowest BCUT2D eigenvalue weighted by Gasteiger charge is -2.17. The van der Waals surface area contributed by atoms with Crippen LogP contribution in [0.1, 0.15) is 21.7 Å². The van der Waals surface area contributed by atoms with E-state index in [0.29, 0.717) is 11.8 Å². The highest BCUT2D eigenvalue weighted by atomic mass is 16.2. The number of rotatable bonds is 1. The van der Waals surface area contributed by atoms with Crippen molar-refractivity contribution in [3.63, 3.8) is 0 Å². The van der Waals surface area contributed by atoms with Gasteiger partial charge in [0.15, 0.2) is 0 Å². The fourth-order valence-corrected chi connectivity index (χ4v) is 1.67. The third-order valence-electron chi connectivity index (χ3n) is 2.67. The number of likely N-dealkylation sites (tertiary alicyclic amines) is 1. The molecule has 1 aliphatic rings. The topological polar surface area (TPSA) is 32.3 Å². The molecule has 1 unspecified atom stereocenters. The molecule has 0 aliphatic carbocycles. The Hall–Kier alpha value is -0.730. The van der Waals surface area contributed by atoms with Crippen molar-refractivity contribution in [2.75, 3.05) is 20.1 Å². The molecule has 12 heavy (non-hydrogen) atoms. The monoisotopic (exact) mass is 172 g/mol. The molecule has 3 nitrogen and oxygen atoms in total. The minimum Gasteiger partial charge on any atom is -0.341 e. The lowest BCUT2D eigenvalue weighted by Crippen LogP contribution is -2.36. The van der Waals surface area contributed by atoms with Crippen LogP contribution in [0.25, 0.3) is 0 Å². The van der Waals surface area contributed by atoms with E-state index in [1.807, 2.05) is 4.90 Å². The maximum Gasteiger partial charge on any atom is 0.317 e. The summed E-state index contributed by atoms with van der Waals surface area (Å²) in [5, 5.41) is 2.65. The van der Waals surface area contributed by atoms with E-state index in [1.54, 1.807) is 7.05 Å². The summed E-state index contributed by atoms with van der Waals surface area (Å²) in [5.74, 6) is 1.39. The predicted molar refractivity (Wildman–Crippen MR) is 51.1 cm³/mol. The van der Waals surface area contributed by atoms with Crippen molar-refractivity contribution in [2.24, 2.45) is 11.8 Å². The van der Waals surface area contributed by atoms with Gasteiger partial charge in [0.1, 0.15) is 0 Å². The molecule has 1 saturated heterocycles. The minimum atomic E-state index is 0. The predicted octanol–water partition coefficient (Wildman–Crippen LogP) is 1.55. The van der Waals surface area contributed by atoms with Crippen LogP contribution < -0.4 is 5.32 Å². The quantitative estimate of drug-likeness (QED) is 0.639. The van der Waals surface area contributed by atoms with E-state index in [0.717, 1.165) is 19.5 Å². The van der Waals surface area contributed by atoms with Gasteiger partial charge in [-0.25, -0.2) is 4.79 Å². The van der Waals surface area contributed by atoms with Crippen LogP contribution in [0.4, 0.5) is 4.79 Å². The fourth-order valence-electron chi connectivity index (χ4n) is 1.67. The molecule has 1 aliphatic heterocycles. The third kappa shape index (κ3) is 1.90. The number of amides is 2. The van der Waals surface area contributed by atoms with Crippen molar-refractivity contribution in [2.45, 2.75) is 20.3 Å². The molecule has 0 aromatic carbocycles. The zero-order valence-electron chi connectivity index (χ0n) is 8.13. The van der Waals surface area contributed by atoms with E-state index in [-0.39, 0.29) is 7.46 Å². The van der Waals surface area contributed by atoms with E-state index in [1.165, 1.54) is 0 Å². The number of hydrogen-bond donors (Lipinski definition) is 1. The summed E-state index contributed by atoms with van der Waals surface area (Å²) in [5.41, 5.74) is 0. The summed E-state index contributed by atoms with van der Waals surface area (Å²) in [6, 6.07) is 0.0677. The van der Waals surface area contributed by atoms with Crippen LogP contribution in [0.3, 0.4) is 0 Å². The summed E-state index contributed by atoms with van der Waals surface area (Å²) < 4.78 is 0. The standard InChI is InChI=1S/C9H18N2O.H2/c1-7(2)8-4-5-11(6-8)9(12)10-3;/h7-8H,4-6H2,1-3H3,(H,10,12);1H. The Kier molecular flexibility index (Phi) is 2.95. The average molecular weight is 172 g/mol. The van der Waals surface area contributed by atoms with Crippen LogP contribution in [-0.4, -0.2) is 31.1 Å². The van der Waals surface area contributed by atoms with Gasteiger partial charge in [-0.2, -0.15) is 0 Å². The van der Waals surface area contributed by atoms with E-state index in [9.17, 15) is 4.79 Å². The fraction of sp³-hybridized carbons (Fsp3) is 0.889. The van der Waals surface area contributed by atoms with Crippen molar-refractivity contribution in [1.82, 2.24) is 10.2 Å².